The number of carbonyl (C=O) groups is 2. The first-order chi connectivity index (χ1) is 14.7. The van der Waals surface area contributed by atoms with E-state index in [2.05, 4.69) is 0 Å². The highest BCUT2D eigenvalue weighted by molar-refractivity contribution is 5.81. The van der Waals surface area contributed by atoms with E-state index in [1.165, 1.54) is 12.0 Å². The number of amides is 1. The fourth-order valence-electron chi connectivity index (χ4n) is 3.18. The number of hydrogen-bond donors (Lipinski definition) is 0. The summed E-state index contributed by atoms with van der Waals surface area (Å²) in [6, 6.07) is 27.7. The molecule has 1 unspecified atom stereocenters. The van der Waals surface area contributed by atoms with Crippen LogP contribution in [-0.2, 0) is 33.8 Å². The van der Waals surface area contributed by atoms with Crippen molar-refractivity contribution in [3.63, 3.8) is 0 Å². The minimum absolute atomic E-state index is 0.129. The minimum Gasteiger partial charge on any atom is -0.467 e. The standard InChI is InChI=1S/C25H25NO4/c1-29-24(27)23(17-20-11-5-2-6-12-20)26(18-21-13-7-3-8-14-21)25(28)30-19-22-15-9-4-10-16-22/h2-16,23H,17-19H2,1H3. The first kappa shape index (κ1) is 21.1. The van der Waals surface area contributed by atoms with Crippen LogP contribution in [0.4, 0.5) is 4.79 Å². The summed E-state index contributed by atoms with van der Waals surface area (Å²) in [7, 11) is 1.33. The smallest absolute Gasteiger partial charge is 0.411 e. The van der Waals surface area contributed by atoms with E-state index in [0.29, 0.717) is 6.42 Å². The molecule has 0 radical (unpaired) electrons. The van der Waals surface area contributed by atoms with Crippen molar-refractivity contribution in [2.75, 3.05) is 7.11 Å². The van der Waals surface area contributed by atoms with E-state index in [1.54, 1.807) is 0 Å². The molecule has 0 bridgehead atoms. The lowest BCUT2D eigenvalue weighted by molar-refractivity contribution is -0.146. The van der Waals surface area contributed by atoms with Gasteiger partial charge in [0.15, 0.2) is 0 Å². The highest BCUT2D eigenvalue weighted by Gasteiger charge is 2.32. The summed E-state index contributed by atoms with van der Waals surface area (Å²) in [5, 5.41) is 0. The predicted octanol–water partition coefficient (Wildman–Crippen LogP) is 4.61. The average molecular weight is 403 g/mol. The maximum atomic E-state index is 13.1. The molecule has 0 aliphatic heterocycles. The van der Waals surface area contributed by atoms with Gasteiger partial charge in [-0.15, -0.1) is 0 Å². The molecule has 1 amide bonds. The van der Waals surface area contributed by atoms with Crippen LogP contribution in [0.15, 0.2) is 91.0 Å². The average Bonchev–Trinajstić information content (AvgIpc) is 2.81. The zero-order chi connectivity index (χ0) is 21.2. The summed E-state index contributed by atoms with van der Waals surface area (Å²) in [6.07, 6.45) is -0.227. The molecule has 5 heteroatoms. The lowest BCUT2D eigenvalue weighted by Crippen LogP contribution is -2.46. The van der Waals surface area contributed by atoms with Gasteiger partial charge < -0.3 is 9.47 Å². The topological polar surface area (TPSA) is 55.8 Å². The van der Waals surface area contributed by atoms with Crippen LogP contribution in [0.1, 0.15) is 16.7 Å². The van der Waals surface area contributed by atoms with Crippen molar-refractivity contribution in [2.45, 2.75) is 25.6 Å². The summed E-state index contributed by atoms with van der Waals surface area (Å²) >= 11 is 0. The van der Waals surface area contributed by atoms with Gasteiger partial charge >= 0.3 is 12.1 Å². The van der Waals surface area contributed by atoms with Crippen LogP contribution in [0.2, 0.25) is 0 Å². The quantitative estimate of drug-likeness (QED) is 0.516. The van der Waals surface area contributed by atoms with Crippen molar-refractivity contribution >= 4 is 12.1 Å². The van der Waals surface area contributed by atoms with Gasteiger partial charge in [0.1, 0.15) is 12.6 Å². The summed E-state index contributed by atoms with van der Waals surface area (Å²) in [5.74, 6) is -0.480. The van der Waals surface area contributed by atoms with Crippen LogP contribution in [-0.4, -0.2) is 30.1 Å². The van der Waals surface area contributed by atoms with Crippen molar-refractivity contribution in [3.8, 4) is 0 Å². The number of benzene rings is 3. The van der Waals surface area contributed by atoms with E-state index in [-0.39, 0.29) is 13.2 Å². The Balaban J connectivity index is 1.84. The Bertz CT molecular complexity index is 929. The van der Waals surface area contributed by atoms with E-state index in [4.69, 9.17) is 9.47 Å². The predicted molar refractivity (Wildman–Crippen MR) is 115 cm³/mol. The second kappa shape index (κ2) is 10.8. The minimum atomic E-state index is -0.805. The monoisotopic (exact) mass is 403 g/mol. The SMILES string of the molecule is COC(=O)C(Cc1ccccc1)N(Cc1ccccc1)C(=O)OCc1ccccc1. The molecule has 0 spiro atoms. The summed E-state index contributed by atoms with van der Waals surface area (Å²) in [4.78, 5) is 27.2. The number of carbonyl (C=O) groups excluding carboxylic acids is 2. The normalized spacial score (nSPS) is 11.4. The maximum Gasteiger partial charge on any atom is 0.411 e. The molecule has 0 saturated carbocycles. The number of esters is 1. The van der Waals surface area contributed by atoms with E-state index in [9.17, 15) is 9.59 Å². The zero-order valence-corrected chi connectivity index (χ0v) is 16.9. The van der Waals surface area contributed by atoms with Crippen LogP contribution in [0, 0.1) is 0 Å². The van der Waals surface area contributed by atoms with Gasteiger partial charge in [0.25, 0.3) is 0 Å². The number of methoxy groups -OCH3 is 1. The Morgan fingerprint density at radius 2 is 1.27 bits per heavy atom. The summed E-state index contributed by atoms with van der Waals surface area (Å²) in [6.45, 7) is 0.366. The van der Waals surface area contributed by atoms with E-state index in [1.807, 2.05) is 91.0 Å². The molecule has 0 fully saturated rings. The van der Waals surface area contributed by atoms with Crippen LogP contribution in [0.25, 0.3) is 0 Å². The van der Waals surface area contributed by atoms with Gasteiger partial charge in [-0.05, 0) is 16.7 Å². The molecular formula is C25H25NO4. The number of rotatable bonds is 8. The Morgan fingerprint density at radius 1 is 0.767 bits per heavy atom. The number of nitrogens with zero attached hydrogens (tertiary/aromatic N) is 1. The molecule has 30 heavy (non-hydrogen) atoms. The van der Waals surface area contributed by atoms with Gasteiger partial charge in [-0.25, -0.2) is 9.59 Å². The Hall–Kier alpha value is -3.60. The molecule has 5 nitrogen and oxygen atoms in total. The number of hydrogen-bond acceptors (Lipinski definition) is 4. The van der Waals surface area contributed by atoms with E-state index >= 15 is 0 Å². The molecule has 0 heterocycles. The first-order valence-corrected chi connectivity index (χ1v) is 9.80. The third-order valence-corrected chi connectivity index (χ3v) is 4.76. The Kier molecular flexibility index (Phi) is 7.61. The highest BCUT2D eigenvalue weighted by Crippen LogP contribution is 2.17. The van der Waals surface area contributed by atoms with Crippen molar-refractivity contribution in [1.29, 1.82) is 0 Å². The second-order valence-electron chi connectivity index (χ2n) is 6.88. The van der Waals surface area contributed by atoms with Gasteiger partial charge in [-0.2, -0.15) is 0 Å². The maximum absolute atomic E-state index is 13.1. The van der Waals surface area contributed by atoms with Crippen molar-refractivity contribution in [1.82, 2.24) is 4.90 Å². The van der Waals surface area contributed by atoms with Gasteiger partial charge in [0.2, 0.25) is 0 Å². The third kappa shape index (κ3) is 5.95. The first-order valence-electron chi connectivity index (χ1n) is 9.80. The van der Waals surface area contributed by atoms with Gasteiger partial charge in [0.05, 0.1) is 7.11 Å². The fraction of sp³-hybridized carbons (Fsp3) is 0.200. The fourth-order valence-corrected chi connectivity index (χ4v) is 3.18. The van der Waals surface area contributed by atoms with Gasteiger partial charge in [-0.3, -0.25) is 4.90 Å². The lowest BCUT2D eigenvalue weighted by atomic mass is 10.0. The molecule has 3 aromatic rings. The largest absolute Gasteiger partial charge is 0.467 e. The van der Waals surface area contributed by atoms with E-state index in [0.717, 1.165) is 16.7 Å². The Labute approximate surface area is 176 Å². The van der Waals surface area contributed by atoms with Crippen LogP contribution in [0.3, 0.4) is 0 Å². The van der Waals surface area contributed by atoms with Gasteiger partial charge in [0, 0.05) is 13.0 Å². The molecule has 0 aliphatic rings. The second-order valence-corrected chi connectivity index (χ2v) is 6.88. The molecule has 0 saturated heterocycles. The van der Waals surface area contributed by atoms with Crippen LogP contribution >= 0.6 is 0 Å². The molecule has 0 aliphatic carbocycles. The molecule has 3 aromatic carbocycles. The summed E-state index contributed by atoms with van der Waals surface area (Å²) in [5.41, 5.74) is 2.71. The van der Waals surface area contributed by atoms with Crippen LogP contribution in [0.5, 0.6) is 0 Å². The van der Waals surface area contributed by atoms with Crippen LogP contribution < -0.4 is 0 Å². The van der Waals surface area contributed by atoms with Crippen molar-refractivity contribution in [3.05, 3.63) is 108 Å². The van der Waals surface area contributed by atoms with Crippen molar-refractivity contribution in [2.24, 2.45) is 0 Å². The molecule has 3 rings (SSSR count). The number of ether oxygens (including phenoxy) is 2. The van der Waals surface area contributed by atoms with E-state index < -0.39 is 18.1 Å². The molecular weight excluding hydrogens is 378 g/mol. The molecule has 1 atom stereocenters. The molecule has 154 valence electrons. The molecule has 0 aromatic heterocycles. The molecule has 0 N–H and O–H groups in total. The summed E-state index contributed by atoms with van der Waals surface area (Å²) < 4.78 is 10.6. The third-order valence-electron chi connectivity index (χ3n) is 4.76. The van der Waals surface area contributed by atoms with Crippen molar-refractivity contribution < 1.29 is 19.1 Å². The highest BCUT2D eigenvalue weighted by atomic mass is 16.6. The van der Waals surface area contributed by atoms with Gasteiger partial charge in [-0.1, -0.05) is 91.0 Å². The zero-order valence-electron chi connectivity index (χ0n) is 16.9. The Morgan fingerprint density at radius 3 is 1.80 bits per heavy atom. The lowest BCUT2D eigenvalue weighted by Gasteiger charge is -2.29.